The number of fused-ring (bicyclic) bond motifs is 1. The van der Waals surface area contributed by atoms with E-state index in [0.717, 1.165) is 24.5 Å². The van der Waals surface area contributed by atoms with Gasteiger partial charge in [-0.15, -0.1) is 11.8 Å². The highest BCUT2D eigenvalue weighted by atomic mass is 32.2. The molecule has 1 aromatic rings. The van der Waals surface area contributed by atoms with Gasteiger partial charge < -0.3 is 4.74 Å². The van der Waals surface area contributed by atoms with Crippen LogP contribution in [0.3, 0.4) is 0 Å². The molecule has 82 valence electrons. The van der Waals surface area contributed by atoms with E-state index in [1.54, 1.807) is 0 Å². The molecule has 0 fully saturated rings. The Balaban J connectivity index is 2.36. The molecule has 2 rings (SSSR count). The molecule has 1 heterocycles. The van der Waals surface area contributed by atoms with Gasteiger partial charge in [0.25, 0.3) is 0 Å². The topological polar surface area (TPSA) is 9.23 Å². The standard InChI is InChI=1S/C13H18OS/c1-4-15-10-5-6-11-12(9-10)14-8-7-13(11,2)3/h5-6,9H,4,7-8H2,1-3H3. The molecule has 0 bridgehead atoms. The van der Waals surface area contributed by atoms with E-state index in [1.807, 2.05) is 11.8 Å². The highest BCUT2D eigenvalue weighted by Crippen LogP contribution is 2.39. The third kappa shape index (κ3) is 2.15. The quantitative estimate of drug-likeness (QED) is 0.703. The van der Waals surface area contributed by atoms with Crippen molar-refractivity contribution in [2.24, 2.45) is 0 Å². The highest BCUT2D eigenvalue weighted by molar-refractivity contribution is 7.99. The summed E-state index contributed by atoms with van der Waals surface area (Å²) in [4.78, 5) is 1.31. The maximum atomic E-state index is 5.73. The first-order valence-electron chi connectivity index (χ1n) is 5.53. The fourth-order valence-corrected chi connectivity index (χ4v) is 2.68. The molecule has 0 unspecified atom stereocenters. The van der Waals surface area contributed by atoms with Crippen molar-refractivity contribution in [1.82, 2.24) is 0 Å². The SMILES string of the molecule is CCSc1ccc2c(c1)OCCC2(C)C. The Hall–Kier alpha value is -0.630. The largest absolute Gasteiger partial charge is 0.493 e. The number of ether oxygens (including phenoxy) is 1. The summed E-state index contributed by atoms with van der Waals surface area (Å²) in [7, 11) is 0. The van der Waals surface area contributed by atoms with Crippen LogP contribution in [0.4, 0.5) is 0 Å². The van der Waals surface area contributed by atoms with E-state index < -0.39 is 0 Å². The Morgan fingerprint density at radius 1 is 1.40 bits per heavy atom. The number of hydrogen-bond acceptors (Lipinski definition) is 2. The first kappa shape index (κ1) is 10.9. The molecule has 0 spiro atoms. The van der Waals surface area contributed by atoms with E-state index in [9.17, 15) is 0 Å². The van der Waals surface area contributed by atoms with Crippen LogP contribution in [0.5, 0.6) is 5.75 Å². The Morgan fingerprint density at radius 2 is 2.20 bits per heavy atom. The summed E-state index contributed by atoms with van der Waals surface area (Å²) < 4.78 is 5.73. The van der Waals surface area contributed by atoms with Gasteiger partial charge in [-0.25, -0.2) is 0 Å². The first-order valence-corrected chi connectivity index (χ1v) is 6.52. The molecule has 0 aromatic heterocycles. The Morgan fingerprint density at radius 3 is 2.93 bits per heavy atom. The summed E-state index contributed by atoms with van der Waals surface area (Å²) >= 11 is 1.87. The minimum absolute atomic E-state index is 0.267. The van der Waals surface area contributed by atoms with Gasteiger partial charge in [0.1, 0.15) is 5.75 Å². The molecule has 0 radical (unpaired) electrons. The zero-order chi connectivity index (χ0) is 10.9. The number of hydrogen-bond donors (Lipinski definition) is 0. The molecule has 0 atom stereocenters. The third-order valence-corrected chi connectivity index (χ3v) is 3.85. The lowest BCUT2D eigenvalue weighted by molar-refractivity contribution is 0.233. The van der Waals surface area contributed by atoms with Crippen LogP contribution in [0.15, 0.2) is 23.1 Å². The van der Waals surface area contributed by atoms with E-state index in [0.29, 0.717) is 0 Å². The van der Waals surface area contributed by atoms with E-state index in [2.05, 4.69) is 39.0 Å². The molecule has 2 heteroatoms. The van der Waals surface area contributed by atoms with Crippen molar-refractivity contribution in [2.45, 2.75) is 37.5 Å². The van der Waals surface area contributed by atoms with E-state index in [4.69, 9.17) is 4.74 Å². The molecule has 1 aliphatic heterocycles. The smallest absolute Gasteiger partial charge is 0.124 e. The molecule has 0 aliphatic carbocycles. The molecule has 0 saturated carbocycles. The summed E-state index contributed by atoms with van der Waals surface area (Å²) in [5, 5.41) is 0. The van der Waals surface area contributed by atoms with Gasteiger partial charge in [0.15, 0.2) is 0 Å². The fraction of sp³-hybridized carbons (Fsp3) is 0.538. The molecule has 0 saturated heterocycles. The number of benzene rings is 1. The van der Waals surface area contributed by atoms with Crippen molar-refractivity contribution in [3.63, 3.8) is 0 Å². The highest BCUT2D eigenvalue weighted by Gasteiger charge is 2.28. The molecule has 1 nitrogen and oxygen atoms in total. The predicted molar refractivity (Wildman–Crippen MR) is 66.0 cm³/mol. The summed E-state index contributed by atoms with van der Waals surface area (Å²) in [5.74, 6) is 2.20. The molecule has 15 heavy (non-hydrogen) atoms. The van der Waals surface area contributed by atoms with Crippen molar-refractivity contribution in [2.75, 3.05) is 12.4 Å². The Bertz CT molecular complexity index is 358. The maximum Gasteiger partial charge on any atom is 0.124 e. The van der Waals surface area contributed by atoms with Crippen LogP contribution in [0.2, 0.25) is 0 Å². The summed E-state index contributed by atoms with van der Waals surface area (Å²) in [6.45, 7) is 7.61. The van der Waals surface area contributed by atoms with Crippen LogP contribution >= 0.6 is 11.8 Å². The molecular weight excluding hydrogens is 204 g/mol. The second-order valence-corrected chi connectivity index (χ2v) is 5.91. The van der Waals surface area contributed by atoms with Gasteiger partial charge in [-0.05, 0) is 35.3 Å². The molecular formula is C13H18OS. The number of thioether (sulfide) groups is 1. The minimum Gasteiger partial charge on any atom is -0.493 e. The molecule has 0 N–H and O–H groups in total. The van der Waals surface area contributed by atoms with Crippen molar-refractivity contribution in [3.05, 3.63) is 23.8 Å². The number of rotatable bonds is 2. The average Bonchev–Trinajstić information content (AvgIpc) is 2.17. The van der Waals surface area contributed by atoms with Crippen LogP contribution < -0.4 is 4.74 Å². The van der Waals surface area contributed by atoms with Crippen molar-refractivity contribution in [1.29, 1.82) is 0 Å². The van der Waals surface area contributed by atoms with E-state index in [-0.39, 0.29) is 5.41 Å². The van der Waals surface area contributed by atoms with Crippen LogP contribution in [0, 0.1) is 0 Å². The van der Waals surface area contributed by atoms with E-state index in [1.165, 1.54) is 10.5 Å². The normalized spacial score (nSPS) is 18.1. The monoisotopic (exact) mass is 222 g/mol. The summed E-state index contributed by atoms with van der Waals surface area (Å²) in [6, 6.07) is 6.63. The van der Waals surface area contributed by atoms with Crippen LogP contribution in [-0.4, -0.2) is 12.4 Å². The predicted octanol–water partition coefficient (Wildman–Crippen LogP) is 3.86. The zero-order valence-electron chi connectivity index (χ0n) is 9.67. The van der Waals surface area contributed by atoms with Crippen LogP contribution in [0.25, 0.3) is 0 Å². The Labute approximate surface area is 96.2 Å². The lowest BCUT2D eigenvalue weighted by atomic mass is 9.80. The molecule has 1 aliphatic rings. The fourth-order valence-electron chi connectivity index (χ4n) is 1.99. The second-order valence-electron chi connectivity index (χ2n) is 4.57. The van der Waals surface area contributed by atoms with Gasteiger partial charge in [0, 0.05) is 4.90 Å². The molecule has 1 aromatic carbocycles. The first-order chi connectivity index (χ1) is 7.13. The maximum absolute atomic E-state index is 5.73. The van der Waals surface area contributed by atoms with Crippen molar-refractivity contribution < 1.29 is 4.74 Å². The van der Waals surface area contributed by atoms with Gasteiger partial charge in [0.2, 0.25) is 0 Å². The van der Waals surface area contributed by atoms with Crippen LogP contribution in [-0.2, 0) is 5.41 Å². The van der Waals surface area contributed by atoms with E-state index >= 15 is 0 Å². The van der Waals surface area contributed by atoms with Gasteiger partial charge in [-0.1, -0.05) is 26.8 Å². The third-order valence-electron chi connectivity index (χ3n) is 2.98. The van der Waals surface area contributed by atoms with Crippen molar-refractivity contribution >= 4 is 11.8 Å². The van der Waals surface area contributed by atoms with Gasteiger partial charge in [-0.3, -0.25) is 0 Å². The van der Waals surface area contributed by atoms with Gasteiger partial charge in [0.05, 0.1) is 6.61 Å². The summed E-state index contributed by atoms with van der Waals surface area (Å²) in [6.07, 6.45) is 1.11. The minimum atomic E-state index is 0.267. The van der Waals surface area contributed by atoms with Crippen molar-refractivity contribution in [3.8, 4) is 5.75 Å². The lowest BCUT2D eigenvalue weighted by Gasteiger charge is -2.32. The van der Waals surface area contributed by atoms with Crippen LogP contribution in [0.1, 0.15) is 32.8 Å². The second kappa shape index (κ2) is 4.09. The molecule has 0 amide bonds. The lowest BCUT2D eigenvalue weighted by Crippen LogP contribution is -2.26. The zero-order valence-corrected chi connectivity index (χ0v) is 10.5. The van der Waals surface area contributed by atoms with Gasteiger partial charge >= 0.3 is 0 Å². The average molecular weight is 222 g/mol. The Kier molecular flexibility index (Phi) is 2.96. The van der Waals surface area contributed by atoms with Gasteiger partial charge in [-0.2, -0.15) is 0 Å². The summed E-state index contributed by atoms with van der Waals surface area (Å²) in [5.41, 5.74) is 1.62.